The van der Waals surface area contributed by atoms with Crippen molar-refractivity contribution < 1.29 is 23.8 Å². The first-order chi connectivity index (χ1) is 14.4. The molecule has 1 aliphatic rings. The van der Waals surface area contributed by atoms with Crippen LogP contribution in [0.3, 0.4) is 0 Å². The van der Waals surface area contributed by atoms with Crippen molar-refractivity contribution in [2.75, 3.05) is 13.2 Å². The Morgan fingerprint density at radius 3 is 2.63 bits per heavy atom. The molecule has 0 spiro atoms. The Bertz CT molecular complexity index is 972. The number of rotatable bonds is 8. The second-order valence-electron chi connectivity index (χ2n) is 8.05. The summed E-state index contributed by atoms with van der Waals surface area (Å²) in [5, 5.41) is 12.8. The lowest BCUT2D eigenvalue weighted by molar-refractivity contribution is -0.143. The standard InChI is InChI=1S/C23H29NO6/c1-3-4-17-11-21(26)30-22-14(2)19(10-9-18(17)22)29-13-20(25)24-12-15-5-7-16(8-6-15)23(27)28/h9-11,15-16H,3-8,12-13H2,1-2H3,(H,24,25)(H,27,28). The van der Waals surface area contributed by atoms with Gasteiger partial charge >= 0.3 is 11.6 Å². The number of fused-ring (bicyclic) bond motifs is 1. The molecule has 0 aliphatic heterocycles. The third-order valence-electron chi connectivity index (χ3n) is 5.86. The van der Waals surface area contributed by atoms with Gasteiger partial charge in [0.15, 0.2) is 6.61 Å². The molecule has 0 saturated heterocycles. The Morgan fingerprint density at radius 1 is 1.23 bits per heavy atom. The molecule has 7 heteroatoms. The third-order valence-corrected chi connectivity index (χ3v) is 5.86. The maximum Gasteiger partial charge on any atom is 0.336 e. The fourth-order valence-electron chi connectivity index (χ4n) is 4.11. The van der Waals surface area contributed by atoms with Crippen molar-refractivity contribution in [2.45, 2.75) is 52.4 Å². The average molecular weight is 415 g/mol. The molecule has 0 unspecified atom stereocenters. The van der Waals surface area contributed by atoms with Crippen molar-refractivity contribution in [2.24, 2.45) is 11.8 Å². The number of nitrogens with one attached hydrogen (secondary N) is 1. The van der Waals surface area contributed by atoms with Crippen LogP contribution in [-0.2, 0) is 16.0 Å². The molecule has 1 saturated carbocycles. The van der Waals surface area contributed by atoms with Gasteiger partial charge in [-0.15, -0.1) is 0 Å². The predicted octanol–water partition coefficient (Wildman–Crippen LogP) is 3.44. The van der Waals surface area contributed by atoms with Crippen molar-refractivity contribution in [3.63, 3.8) is 0 Å². The lowest BCUT2D eigenvalue weighted by Gasteiger charge is -2.26. The Kier molecular flexibility index (Phi) is 7.13. The summed E-state index contributed by atoms with van der Waals surface area (Å²) in [4.78, 5) is 35.1. The van der Waals surface area contributed by atoms with E-state index in [0.29, 0.717) is 42.2 Å². The minimum atomic E-state index is -0.728. The molecule has 7 nitrogen and oxygen atoms in total. The van der Waals surface area contributed by atoms with Crippen LogP contribution in [0.15, 0.2) is 27.4 Å². The molecule has 1 amide bonds. The lowest BCUT2D eigenvalue weighted by Crippen LogP contribution is -2.35. The number of carbonyl (C=O) groups excluding carboxylic acids is 1. The van der Waals surface area contributed by atoms with Gasteiger partial charge in [0.05, 0.1) is 5.92 Å². The highest BCUT2D eigenvalue weighted by Gasteiger charge is 2.26. The number of amides is 1. The lowest BCUT2D eigenvalue weighted by atomic mass is 9.82. The number of aliphatic carboxylic acids is 1. The molecule has 2 aromatic rings. The van der Waals surface area contributed by atoms with Crippen molar-refractivity contribution >= 4 is 22.8 Å². The minimum absolute atomic E-state index is 0.129. The zero-order valence-electron chi connectivity index (χ0n) is 17.5. The SMILES string of the molecule is CCCc1cc(=O)oc2c(C)c(OCC(=O)NCC3CCC(C(=O)O)CC3)ccc12. The molecule has 0 radical (unpaired) electrons. The highest BCUT2D eigenvalue weighted by molar-refractivity contribution is 5.85. The molecule has 30 heavy (non-hydrogen) atoms. The quantitative estimate of drug-likeness (QED) is 0.640. The Labute approximate surface area is 175 Å². The molecular weight excluding hydrogens is 386 g/mol. The molecule has 0 bridgehead atoms. The largest absolute Gasteiger partial charge is 0.483 e. The maximum atomic E-state index is 12.2. The summed E-state index contributed by atoms with van der Waals surface area (Å²) in [5.74, 6) is -0.394. The van der Waals surface area contributed by atoms with Gasteiger partial charge in [-0.25, -0.2) is 4.79 Å². The van der Waals surface area contributed by atoms with E-state index in [1.54, 1.807) is 6.07 Å². The van der Waals surface area contributed by atoms with Crippen LogP contribution in [0.4, 0.5) is 0 Å². The van der Waals surface area contributed by atoms with Crippen LogP contribution in [0.5, 0.6) is 5.75 Å². The molecule has 162 valence electrons. The first-order valence-corrected chi connectivity index (χ1v) is 10.6. The number of carbonyl (C=O) groups is 2. The number of carboxylic acids is 1. The Hall–Kier alpha value is -2.83. The van der Waals surface area contributed by atoms with Crippen LogP contribution in [0.25, 0.3) is 11.0 Å². The Morgan fingerprint density at radius 2 is 1.97 bits per heavy atom. The molecular formula is C23H29NO6. The van der Waals surface area contributed by atoms with E-state index >= 15 is 0 Å². The molecule has 3 rings (SSSR count). The van der Waals surface area contributed by atoms with Crippen molar-refractivity contribution in [1.29, 1.82) is 0 Å². The molecule has 0 atom stereocenters. The number of benzene rings is 1. The van der Waals surface area contributed by atoms with Gasteiger partial charge in [-0.05, 0) is 62.6 Å². The fraction of sp³-hybridized carbons (Fsp3) is 0.522. The summed E-state index contributed by atoms with van der Waals surface area (Å²) in [6.07, 6.45) is 4.65. The monoisotopic (exact) mass is 415 g/mol. The zero-order valence-corrected chi connectivity index (χ0v) is 17.5. The van der Waals surface area contributed by atoms with Crippen molar-refractivity contribution in [1.82, 2.24) is 5.32 Å². The number of hydrogen-bond donors (Lipinski definition) is 2. The predicted molar refractivity (Wildman–Crippen MR) is 113 cm³/mol. The van der Waals surface area contributed by atoms with E-state index in [1.165, 1.54) is 6.07 Å². The molecule has 2 N–H and O–H groups in total. The number of carboxylic acid groups (broad SMARTS) is 1. The van der Waals surface area contributed by atoms with Gasteiger partial charge in [0, 0.05) is 23.6 Å². The van der Waals surface area contributed by atoms with Crippen molar-refractivity contribution in [3.05, 3.63) is 39.7 Å². The summed E-state index contributed by atoms with van der Waals surface area (Å²) in [6.45, 7) is 4.27. The number of aryl methyl sites for hydroxylation is 2. The van der Waals surface area contributed by atoms with Gasteiger partial charge in [0.2, 0.25) is 0 Å². The highest BCUT2D eigenvalue weighted by Crippen LogP contribution is 2.30. The molecule has 1 aromatic carbocycles. The summed E-state index contributed by atoms with van der Waals surface area (Å²) in [5.41, 5.74) is 1.76. The maximum absolute atomic E-state index is 12.2. The fourth-order valence-corrected chi connectivity index (χ4v) is 4.11. The molecule has 1 aromatic heterocycles. The van der Waals surface area contributed by atoms with E-state index in [9.17, 15) is 14.4 Å². The van der Waals surface area contributed by atoms with Gasteiger partial charge in [-0.1, -0.05) is 13.3 Å². The van der Waals surface area contributed by atoms with Gasteiger partial charge in [-0.2, -0.15) is 0 Å². The summed E-state index contributed by atoms with van der Waals surface area (Å²) in [6, 6.07) is 5.20. The van der Waals surface area contributed by atoms with E-state index in [1.807, 2.05) is 13.0 Å². The van der Waals surface area contributed by atoms with E-state index in [4.69, 9.17) is 14.3 Å². The Balaban J connectivity index is 1.56. The summed E-state index contributed by atoms with van der Waals surface area (Å²) in [7, 11) is 0. The smallest absolute Gasteiger partial charge is 0.336 e. The van der Waals surface area contributed by atoms with Crippen molar-refractivity contribution in [3.8, 4) is 5.75 Å². The molecule has 1 fully saturated rings. The first-order valence-electron chi connectivity index (χ1n) is 10.6. The van der Waals surface area contributed by atoms with Crippen LogP contribution in [0.1, 0.15) is 50.2 Å². The minimum Gasteiger partial charge on any atom is -0.483 e. The second kappa shape index (κ2) is 9.78. The van der Waals surface area contributed by atoms with Crippen LogP contribution in [0, 0.1) is 18.8 Å². The van der Waals surface area contributed by atoms with Crippen LogP contribution in [-0.4, -0.2) is 30.1 Å². The number of ether oxygens (including phenoxy) is 1. The van der Waals surface area contributed by atoms with Crippen LogP contribution >= 0.6 is 0 Å². The van der Waals surface area contributed by atoms with Gasteiger partial charge in [-0.3, -0.25) is 9.59 Å². The third kappa shape index (κ3) is 5.20. The molecule has 1 heterocycles. The topological polar surface area (TPSA) is 106 Å². The van der Waals surface area contributed by atoms with E-state index in [0.717, 1.165) is 36.6 Å². The normalized spacial score (nSPS) is 18.9. The van der Waals surface area contributed by atoms with Crippen LogP contribution in [0.2, 0.25) is 0 Å². The first kappa shape index (κ1) is 21.9. The van der Waals surface area contributed by atoms with Gasteiger partial charge in [0.1, 0.15) is 11.3 Å². The van der Waals surface area contributed by atoms with E-state index in [2.05, 4.69) is 12.2 Å². The molecule has 1 aliphatic carbocycles. The van der Waals surface area contributed by atoms with E-state index < -0.39 is 5.97 Å². The van der Waals surface area contributed by atoms with Gasteiger partial charge < -0.3 is 19.6 Å². The summed E-state index contributed by atoms with van der Waals surface area (Å²) >= 11 is 0. The second-order valence-corrected chi connectivity index (χ2v) is 8.05. The highest BCUT2D eigenvalue weighted by atomic mass is 16.5. The number of hydrogen-bond acceptors (Lipinski definition) is 5. The zero-order chi connectivity index (χ0) is 21.7. The van der Waals surface area contributed by atoms with E-state index in [-0.39, 0.29) is 24.1 Å². The van der Waals surface area contributed by atoms with Gasteiger partial charge in [0.25, 0.3) is 5.91 Å². The summed E-state index contributed by atoms with van der Waals surface area (Å²) < 4.78 is 11.1. The van der Waals surface area contributed by atoms with Crippen LogP contribution < -0.4 is 15.7 Å². The average Bonchev–Trinajstić information content (AvgIpc) is 2.72.